The van der Waals surface area contributed by atoms with Gasteiger partial charge in [-0.2, -0.15) is 5.10 Å². The average molecular weight is 327 g/mol. The summed E-state index contributed by atoms with van der Waals surface area (Å²) in [7, 11) is 1.95. The fourth-order valence-electron chi connectivity index (χ4n) is 2.56. The van der Waals surface area contributed by atoms with Crippen LogP contribution in [0.4, 0.5) is 0 Å². The minimum atomic E-state index is 0.822. The molecule has 24 heavy (non-hydrogen) atoms. The van der Waals surface area contributed by atoms with Gasteiger partial charge in [0.2, 0.25) is 0 Å². The van der Waals surface area contributed by atoms with E-state index in [9.17, 15) is 0 Å². The molecule has 1 heterocycles. The van der Waals surface area contributed by atoms with Gasteiger partial charge in [-0.15, -0.1) is 0 Å². The molecular formula is C19H29N5. The van der Waals surface area contributed by atoms with E-state index in [1.54, 1.807) is 0 Å². The second kappa shape index (κ2) is 10.5. The highest BCUT2D eigenvalue weighted by atomic mass is 15.2. The maximum Gasteiger partial charge on any atom is 0.191 e. The Morgan fingerprint density at radius 1 is 1.08 bits per heavy atom. The molecule has 0 radical (unpaired) electrons. The molecule has 2 aromatic rings. The summed E-state index contributed by atoms with van der Waals surface area (Å²) in [6, 6.07) is 10.6. The van der Waals surface area contributed by atoms with Crippen molar-refractivity contribution in [2.75, 3.05) is 19.6 Å². The summed E-state index contributed by atoms with van der Waals surface area (Å²) in [6.07, 6.45) is 8.24. The predicted molar refractivity (Wildman–Crippen MR) is 100 cm³/mol. The Hall–Kier alpha value is -2.30. The first-order valence-electron chi connectivity index (χ1n) is 8.81. The van der Waals surface area contributed by atoms with E-state index in [-0.39, 0.29) is 0 Å². The van der Waals surface area contributed by atoms with Crippen molar-refractivity contribution < 1.29 is 0 Å². The number of nitrogens with one attached hydrogen (secondary N) is 2. The molecule has 1 aromatic carbocycles. The quantitative estimate of drug-likeness (QED) is 0.423. The van der Waals surface area contributed by atoms with Crippen LogP contribution in [-0.4, -0.2) is 35.4 Å². The van der Waals surface area contributed by atoms with Crippen LogP contribution in [0.25, 0.3) is 0 Å². The number of benzene rings is 1. The lowest BCUT2D eigenvalue weighted by atomic mass is 10.1. The van der Waals surface area contributed by atoms with Gasteiger partial charge in [0.05, 0.1) is 6.20 Å². The van der Waals surface area contributed by atoms with Crippen molar-refractivity contribution in [3.05, 3.63) is 53.9 Å². The molecule has 0 unspecified atom stereocenters. The van der Waals surface area contributed by atoms with Crippen LogP contribution in [0.5, 0.6) is 0 Å². The van der Waals surface area contributed by atoms with E-state index < -0.39 is 0 Å². The highest BCUT2D eigenvalue weighted by Gasteiger charge is 1.99. The van der Waals surface area contributed by atoms with Crippen LogP contribution in [0.3, 0.4) is 0 Å². The van der Waals surface area contributed by atoms with Crippen LogP contribution < -0.4 is 10.6 Å². The van der Waals surface area contributed by atoms with Gasteiger partial charge < -0.3 is 10.6 Å². The van der Waals surface area contributed by atoms with Gasteiger partial charge in [0.25, 0.3) is 0 Å². The van der Waals surface area contributed by atoms with Crippen molar-refractivity contribution in [2.45, 2.75) is 32.6 Å². The first-order valence-corrected chi connectivity index (χ1v) is 8.81. The molecule has 0 aliphatic heterocycles. The summed E-state index contributed by atoms with van der Waals surface area (Å²) in [4.78, 5) is 4.65. The van der Waals surface area contributed by atoms with Crippen molar-refractivity contribution in [2.24, 2.45) is 12.0 Å². The highest BCUT2D eigenvalue weighted by Crippen LogP contribution is 2.02. The standard InChI is InChI=1S/C19H29N5/c1-3-20-19(21-13-7-11-17-9-5-4-6-10-17)22-14-8-12-18-15-23-24(2)16-18/h4-6,9-10,15-16H,3,7-8,11-14H2,1-2H3,(H2,20,21,22). The Balaban J connectivity index is 1.66. The number of hydrogen-bond donors (Lipinski definition) is 2. The van der Waals surface area contributed by atoms with Gasteiger partial charge >= 0.3 is 0 Å². The number of hydrogen-bond acceptors (Lipinski definition) is 2. The van der Waals surface area contributed by atoms with E-state index in [1.807, 2.05) is 17.9 Å². The van der Waals surface area contributed by atoms with E-state index in [4.69, 9.17) is 0 Å². The Kier molecular flexibility index (Phi) is 7.87. The normalized spacial score (nSPS) is 11.5. The molecule has 0 saturated carbocycles. The van der Waals surface area contributed by atoms with Crippen LogP contribution in [-0.2, 0) is 19.9 Å². The van der Waals surface area contributed by atoms with E-state index in [1.165, 1.54) is 11.1 Å². The summed E-state index contributed by atoms with van der Waals surface area (Å²) in [5.74, 6) is 0.914. The summed E-state index contributed by atoms with van der Waals surface area (Å²) >= 11 is 0. The lowest BCUT2D eigenvalue weighted by molar-refractivity contribution is 0.736. The van der Waals surface area contributed by atoms with Crippen LogP contribution in [0.15, 0.2) is 47.7 Å². The van der Waals surface area contributed by atoms with Gasteiger partial charge in [0, 0.05) is 32.9 Å². The van der Waals surface area contributed by atoms with Crippen molar-refractivity contribution in [3.63, 3.8) is 0 Å². The smallest absolute Gasteiger partial charge is 0.191 e. The first-order chi connectivity index (χ1) is 11.8. The molecule has 0 fully saturated rings. The zero-order valence-corrected chi connectivity index (χ0v) is 14.8. The van der Waals surface area contributed by atoms with E-state index in [2.05, 4.69) is 64.2 Å². The molecular weight excluding hydrogens is 298 g/mol. The molecule has 5 nitrogen and oxygen atoms in total. The number of aromatic nitrogens is 2. The Labute approximate surface area is 145 Å². The molecule has 0 amide bonds. The third-order valence-corrected chi connectivity index (χ3v) is 3.77. The van der Waals surface area contributed by atoms with Gasteiger partial charge in [0.1, 0.15) is 0 Å². The molecule has 130 valence electrons. The van der Waals surface area contributed by atoms with Gasteiger partial charge in [-0.1, -0.05) is 30.3 Å². The molecule has 1 aromatic heterocycles. The summed E-state index contributed by atoms with van der Waals surface area (Å²) in [5.41, 5.74) is 2.66. The van der Waals surface area contributed by atoms with Gasteiger partial charge in [-0.05, 0) is 43.7 Å². The summed E-state index contributed by atoms with van der Waals surface area (Å²) < 4.78 is 1.84. The molecule has 0 aliphatic rings. The third kappa shape index (κ3) is 6.86. The molecule has 0 saturated heterocycles. The molecule has 0 spiro atoms. The Bertz CT molecular complexity index is 603. The van der Waals surface area contributed by atoms with E-state index >= 15 is 0 Å². The monoisotopic (exact) mass is 327 g/mol. The highest BCUT2D eigenvalue weighted by molar-refractivity contribution is 5.79. The summed E-state index contributed by atoms with van der Waals surface area (Å²) in [5, 5.41) is 10.9. The minimum absolute atomic E-state index is 0.822. The van der Waals surface area contributed by atoms with Gasteiger partial charge in [-0.25, -0.2) is 0 Å². The molecule has 2 rings (SSSR count). The fraction of sp³-hybridized carbons (Fsp3) is 0.474. The van der Waals surface area contributed by atoms with E-state index in [0.717, 1.165) is 51.3 Å². The number of rotatable bonds is 9. The number of nitrogens with zero attached hydrogens (tertiary/aromatic N) is 3. The molecule has 0 atom stereocenters. The Morgan fingerprint density at radius 3 is 2.58 bits per heavy atom. The number of aryl methyl sites for hydroxylation is 3. The number of aliphatic imine (C=N–C) groups is 1. The van der Waals surface area contributed by atoms with Crippen molar-refractivity contribution >= 4 is 5.96 Å². The van der Waals surface area contributed by atoms with Gasteiger partial charge in [-0.3, -0.25) is 9.67 Å². The largest absolute Gasteiger partial charge is 0.357 e. The molecule has 5 heteroatoms. The molecule has 0 aliphatic carbocycles. The van der Waals surface area contributed by atoms with Gasteiger partial charge in [0.15, 0.2) is 5.96 Å². The zero-order valence-electron chi connectivity index (χ0n) is 14.8. The minimum Gasteiger partial charge on any atom is -0.357 e. The lowest BCUT2D eigenvalue weighted by Gasteiger charge is -2.11. The first kappa shape index (κ1) is 18.0. The maximum absolute atomic E-state index is 4.65. The second-order valence-electron chi connectivity index (χ2n) is 5.90. The van der Waals surface area contributed by atoms with Crippen molar-refractivity contribution in [1.82, 2.24) is 20.4 Å². The zero-order chi connectivity index (χ0) is 17.0. The van der Waals surface area contributed by atoms with Crippen LogP contribution in [0.1, 0.15) is 30.9 Å². The molecule has 2 N–H and O–H groups in total. The Morgan fingerprint density at radius 2 is 1.88 bits per heavy atom. The van der Waals surface area contributed by atoms with Crippen LogP contribution in [0.2, 0.25) is 0 Å². The number of guanidine groups is 1. The summed E-state index contributed by atoms with van der Waals surface area (Å²) in [6.45, 7) is 4.73. The molecule has 0 bridgehead atoms. The topological polar surface area (TPSA) is 54.2 Å². The fourth-order valence-corrected chi connectivity index (χ4v) is 2.56. The lowest BCUT2D eigenvalue weighted by Crippen LogP contribution is -2.38. The van der Waals surface area contributed by atoms with Crippen LogP contribution >= 0.6 is 0 Å². The van der Waals surface area contributed by atoms with Crippen LogP contribution in [0, 0.1) is 0 Å². The van der Waals surface area contributed by atoms with Crippen molar-refractivity contribution in [3.8, 4) is 0 Å². The predicted octanol–water partition coefficient (Wildman–Crippen LogP) is 2.54. The average Bonchev–Trinajstić information content (AvgIpc) is 3.01. The second-order valence-corrected chi connectivity index (χ2v) is 5.90. The van der Waals surface area contributed by atoms with E-state index in [0.29, 0.717) is 0 Å². The SMILES string of the molecule is CCNC(=NCCCc1cnn(C)c1)NCCCc1ccccc1. The van der Waals surface area contributed by atoms with Crippen molar-refractivity contribution in [1.29, 1.82) is 0 Å². The maximum atomic E-state index is 4.65. The third-order valence-electron chi connectivity index (χ3n) is 3.77.